The number of hydrogen-bond donors (Lipinski definition) is 1. The van der Waals surface area contributed by atoms with Gasteiger partial charge in [-0.3, -0.25) is 9.78 Å². The molecule has 0 spiro atoms. The number of ether oxygens (including phenoxy) is 1. The number of carbonyl (C=O) groups is 2. The third-order valence-electron chi connectivity index (χ3n) is 3.87. The first-order valence-corrected chi connectivity index (χ1v) is 7.88. The Morgan fingerprint density at radius 1 is 1.17 bits per heavy atom. The van der Waals surface area contributed by atoms with Gasteiger partial charge in [-0.15, -0.1) is 0 Å². The molecule has 2 aromatic rings. The van der Waals surface area contributed by atoms with E-state index in [4.69, 9.17) is 4.74 Å². The summed E-state index contributed by atoms with van der Waals surface area (Å²) < 4.78 is 5.33. The van der Waals surface area contributed by atoms with E-state index in [0.717, 1.165) is 5.56 Å². The van der Waals surface area contributed by atoms with Gasteiger partial charge in [-0.05, 0) is 17.7 Å². The minimum Gasteiger partial charge on any atom is -0.445 e. The van der Waals surface area contributed by atoms with E-state index < -0.39 is 12.1 Å². The zero-order chi connectivity index (χ0) is 16.8. The van der Waals surface area contributed by atoms with Crippen molar-refractivity contribution >= 4 is 11.9 Å². The van der Waals surface area contributed by atoms with Crippen LogP contribution in [-0.2, 0) is 11.3 Å². The molecule has 1 aromatic carbocycles. The van der Waals surface area contributed by atoms with Crippen LogP contribution in [0.5, 0.6) is 0 Å². The number of pyridine rings is 1. The summed E-state index contributed by atoms with van der Waals surface area (Å²) in [6, 6.07) is 14.3. The second-order valence-electron chi connectivity index (χ2n) is 5.57. The highest BCUT2D eigenvalue weighted by Gasteiger charge is 2.29. The van der Waals surface area contributed by atoms with Crippen LogP contribution in [0.1, 0.15) is 16.1 Å². The fourth-order valence-corrected chi connectivity index (χ4v) is 2.59. The fraction of sp³-hybridized carbons (Fsp3) is 0.278. The third-order valence-corrected chi connectivity index (χ3v) is 3.87. The van der Waals surface area contributed by atoms with Crippen molar-refractivity contribution in [2.45, 2.75) is 12.6 Å². The van der Waals surface area contributed by atoms with Gasteiger partial charge in [0.25, 0.3) is 0 Å². The van der Waals surface area contributed by atoms with Crippen molar-refractivity contribution in [3.63, 3.8) is 0 Å². The third kappa shape index (κ3) is 3.97. The van der Waals surface area contributed by atoms with Crippen LogP contribution < -0.4 is 5.32 Å². The molecule has 1 aliphatic heterocycles. The standard InChI is InChI=1S/C18H19N3O3/c22-17(15-8-4-5-9-19-15)16-12-21(11-10-20-16)18(23)24-13-14-6-2-1-3-7-14/h1-9,16,20H,10-13H2. The molecule has 1 fully saturated rings. The predicted molar refractivity (Wildman–Crippen MR) is 88.6 cm³/mol. The van der Waals surface area contributed by atoms with Crippen molar-refractivity contribution in [1.29, 1.82) is 0 Å². The number of ketones is 1. The van der Waals surface area contributed by atoms with E-state index in [9.17, 15) is 9.59 Å². The monoisotopic (exact) mass is 325 g/mol. The van der Waals surface area contributed by atoms with Gasteiger partial charge in [0.15, 0.2) is 5.78 Å². The summed E-state index contributed by atoms with van der Waals surface area (Å²) in [7, 11) is 0. The molecule has 1 saturated heterocycles. The van der Waals surface area contributed by atoms with Crippen LogP contribution in [0.4, 0.5) is 4.79 Å². The second kappa shape index (κ2) is 7.70. The molecule has 0 bridgehead atoms. The summed E-state index contributed by atoms with van der Waals surface area (Å²) in [5.74, 6) is -0.115. The number of benzene rings is 1. The smallest absolute Gasteiger partial charge is 0.410 e. The van der Waals surface area contributed by atoms with Gasteiger partial charge in [0.05, 0.1) is 6.04 Å². The molecule has 1 atom stereocenters. The first-order valence-electron chi connectivity index (χ1n) is 7.88. The first kappa shape index (κ1) is 16.1. The maximum Gasteiger partial charge on any atom is 0.410 e. The number of amides is 1. The average molecular weight is 325 g/mol. The molecule has 0 saturated carbocycles. The van der Waals surface area contributed by atoms with Gasteiger partial charge < -0.3 is 15.0 Å². The van der Waals surface area contributed by atoms with Gasteiger partial charge in [-0.2, -0.15) is 0 Å². The zero-order valence-electron chi connectivity index (χ0n) is 13.2. The van der Waals surface area contributed by atoms with E-state index in [1.807, 2.05) is 30.3 Å². The summed E-state index contributed by atoms with van der Waals surface area (Å²) in [5, 5.41) is 3.14. The van der Waals surface area contributed by atoms with Crippen molar-refractivity contribution in [1.82, 2.24) is 15.2 Å². The van der Waals surface area contributed by atoms with Crippen LogP contribution in [0, 0.1) is 0 Å². The lowest BCUT2D eigenvalue weighted by Crippen LogP contribution is -2.55. The highest BCUT2D eigenvalue weighted by atomic mass is 16.6. The van der Waals surface area contributed by atoms with E-state index >= 15 is 0 Å². The van der Waals surface area contributed by atoms with E-state index in [1.165, 1.54) is 0 Å². The zero-order valence-corrected chi connectivity index (χ0v) is 13.2. The number of aromatic nitrogens is 1. The molecule has 6 heteroatoms. The first-order chi connectivity index (χ1) is 11.7. The van der Waals surface area contributed by atoms with Crippen LogP contribution in [0.25, 0.3) is 0 Å². The number of nitrogens with one attached hydrogen (secondary N) is 1. The maximum atomic E-state index is 12.4. The van der Waals surface area contributed by atoms with Gasteiger partial charge in [0.1, 0.15) is 12.3 Å². The molecule has 24 heavy (non-hydrogen) atoms. The lowest BCUT2D eigenvalue weighted by molar-refractivity contribution is 0.0750. The summed E-state index contributed by atoms with van der Waals surface area (Å²) in [5.41, 5.74) is 1.33. The van der Waals surface area contributed by atoms with Crippen molar-refractivity contribution in [2.24, 2.45) is 0 Å². The second-order valence-corrected chi connectivity index (χ2v) is 5.57. The number of carbonyl (C=O) groups excluding carboxylic acids is 2. The van der Waals surface area contributed by atoms with Crippen LogP contribution in [0.3, 0.4) is 0 Å². The van der Waals surface area contributed by atoms with Gasteiger partial charge in [-0.1, -0.05) is 36.4 Å². The predicted octanol–water partition coefficient (Wildman–Crippen LogP) is 1.87. The quantitative estimate of drug-likeness (QED) is 0.869. The highest BCUT2D eigenvalue weighted by molar-refractivity contribution is 5.98. The van der Waals surface area contributed by atoms with Crippen LogP contribution in [0.15, 0.2) is 54.7 Å². The molecule has 0 aliphatic carbocycles. The molecule has 1 unspecified atom stereocenters. The number of nitrogens with zero attached hydrogens (tertiary/aromatic N) is 2. The highest BCUT2D eigenvalue weighted by Crippen LogP contribution is 2.09. The number of Topliss-reactive ketones (excluding diaryl/α,β-unsaturated/α-hetero) is 1. The van der Waals surface area contributed by atoms with Gasteiger partial charge >= 0.3 is 6.09 Å². The average Bonchev–Trinajstić information content (AvgIpc) is 2.67. The summed E-state index contributed by atoms with van der Waals surface area (Å²) in [6.45, 7) is 1.56. The van der Waals surface area contributed by atoms with E-state index in [1.54, 1.807) is 29.3 Å². The minimum absolute atomic E-state index is 0.115. The molecule has 124 valence electrons. The Balaban J connectivity index is 1.57. The van der Waals surface area contributed by atoms with E-state index in [-0.39, 0.29) is 18.9 Å². The molecule has 3 rings (SSSR count). The molecule has 6 nitrogen and oxygen atoms in total. The van der Waals surface area contributed by atoms with Crippen molar-refractivity contribution in [3.05, 3.63) is 66.0 Å². The Bertz CT molecular complexity index is 691. The molecule has 0 radical (unpaired) electrons. The Kier molecular flexibility index (Phi) is 5.18. The Morgan fingerprint density at radius 2 is 1.96 bits per heavy atom. The summed E-state index contributed by atoms with van der Waals surface area (Å²) in [6.07, 6.45) is 1.18. The van der Waals surface area contributed by atoms with Gasteiger partial charge in [-0.25, -0.2) is 4.79 Å². The van der Waals surface area contributed by atoms with E-state index in [0.29, 0.717) is 18.8 Å². The molecule has 1 aromatic heterocycles. The van der Waals surface area contributed by atoms with Crippen molar-refractivity contribution < 1.29 is 14.3 Å². The SMILES string of the molecule is O=C(c1ccccn1)C1CN(C(=O)OCc2ccccc2)CCN1. The number of hydrogen-bond acceptors (Lipinski definition) is 5. The van der Waals surface area contributed by atoms with Crippen molar-refractivity contribution in [2.75, 3.05) is 19.6 Å². The lowest BCUT2D eigenvalue weighted by atomic mass is 10.1. The van der Waals surface area contributed by atoms with Gasteiger partial charge in [0, 0.05) is 25.8 Å². The number of piperazine rings is 1. The fourth-order valence-electron chi connectivity index (χ4n) is 2.59. The molecule has 1 amide bonds. The van der Waals surface area contributed by atoms with Crippen LogP contribution in [0.2, 0.25) is 0 Å². The topological polar surface area (TPSA) is 71.5 Å². The van der Waals surface area contributed by atoms with E-state index in [2.05, 4.69) is 10.3 Å². The Morgan fingerprint density at radius 3 is 2.71 bits per heavy atom. The molecule has 1 aliphatic rings. The summed E-state index contributed by atoms with van der Waals surface area (Å²) >= 11 is 0. The van der Waals surface area contributed by atoms with Crippen LogP contribution in [-0.4, -0.2) is 47.4 Å². The molecular formula is C18H19N3O3. The van der Waals surface area contributed by atoms with Gasteiger partial charge in [0.2, 0.25) is 0 Å². The largest absolute Gasteiger partial charge is 0.445 e. The lowest BCUT2D eigenvalue weighted by Gasteiger charge is -2.32. The molecule has 1 N–H and O–H groups in total. The number of rotatable bonds is 4. The van der Waals surface area contributed by atoms with Crippen LogP contribution >= 0.6 is 0 Å². The maximum absolute atomic E-state index is 12.4. The molecule has 2 heterocycles. The Hall–Kier alpha value is -2.73. The summed E-state index contributed by atoms with van der Waals surface area (Å²) in [4.78, 5) is 30.3. The Labute approximate surface area is 140 Å². The normalized spacial score (nSPS) is 17.3. The minimum atomic E-state index is -0.460. The van der Waals surface area contributed by atoms with Crippen molar-refractivity contribution in [3.8, 4) is 0 Å². The molecular weight excluding hydrogens is 306 g/mol.